The van der Waals surface area contributed by atoms with Crippen LogP contribution in [0, 0.1) is 0 Å². The summed E-state index contributed by atoms with van der Waals surface area (Å²) in [5, 5.41) is 3.82. The van der Waals surface area contributed by atoms with Crippen molar-refractivity contribution in [1.29, 1.82) is 0 Å². The first-order chi connectivity index (χ1) is 12.7. The van der Waals surface area contributed by atoms with Gasteiger partial charge < -0.3 is 10.1 Å². The van der Waals surface area contributed by atoms with E-state index in [2.05, 4.69) is 22.3 Å². The van der Waals surface area contributed by atoms with Gasteiger partial charge in [-0.25, -0.2) is 0 Å². The molecule has 1 aliphatic rings. The first kappa shape index (κ1) is 18.7. The molecule has 1 N–H and O–H groups in total. The molecular weight excluding hydrogens is 348 g/mol. The van der Waals surface area contributed by atoms with Crippen molar-refractivity contribution >= 4 is 17.5 Å². The summed E-state index contributed by atoms with van der Waals surface area (Å²) >= 11 is 6.04. The lowest BCUT2D eigenvalue weighted by atomic mass is 10.0. The van der Waals surface area contributed by atoms with Crippen LogP contribution in [0.25, 0.3) is 0 Å². The van der Waals surface area contributed by atoms with Crippen LogP contribution in [0.1, 0.15) is 41.2 Å². The Hall–Kier alpha value is -2.04. The van der Waals surface area contributed by atoms with Crippen LogP contribution in [0.2, 0.25) is 5.02 Å². The molecule has 2 aromatic rings. The number of likely N-dealkylation sites (tertiary alicyclic amines) is 1. The van der Waals surface area contributed by atoms with E-state index in [9.17, 15) is 4.79 Å². The largest absolute Gasteiger partial charge is 0.497 e. The maximum Gasteiger partial charge on any atom is 0.251 e. The second kappa shape index (κ2) is 9.06. The Kier molecular flexibility index (Phi) is 6.53. The number of carbonyl (C=O) groups excluding carboxylic acids is 1. The molecule has 0 spiro atoms. The van der Waals surface area contributed by atoms with Crippen molar-refractivity contribution < 1.29 is 9.53 Å². The van der Waals surface area contributed by atoms with Gasteiger partial charge in [-0.1, -0.05) is 30.2 Å². The normalized spacial score (nSPS) is 16.1. The van der Waals surface area contributed by atoms with Gasteiger partial charge in [0.1, 0.15) is 5.75 Å². The standard InChI is InChI=1S/C21H25ClN2O2/c1-26-19-11-7-17(8-12-19)21(25)23-15-20(24-13-3-2-4-14-24)16-5-9-18(22)10-6-16/h5-12,20H,2-4,13-15H2,1H3,(H,23,25)/t20-/m0/s1. The van der Waals surface area contributed by atoms with Gasteiger partial charge in [-0.2, -0.15) is 0 Å². The average molecular weight is 373 g/mol. The van der Waals surface area contributed by atoms with E-state index in [0.717, 1.165) is 23.9 Å². The van der Waals surface area contributed by atoms with Crippen molar-refractivity contribution in [1.82, 2.24) is 10.2 Å². The molecule has 1 aliphatic heterocycles. The molecule has 1 heterocycles. The predicted octanol–water partition coefficient (Wildman–Crippen LogP) is 4.31. The van der Waals surface area contributed by atoms with E-state index in [1.54, 1.807) is 31.4 Å². The molecule has 26 heavy (non-hydrogen) atoms. The zero-order chi connectivity index (χ0) is 18.4. The number of hydrogen-bond acceptors (Lipinski definition) is 3. The summed E-state index contributed by atoms with van der Waals surface area (Å²) in [5.41, 5.74) is 1.82. The van der Waals surface area contributed by atoms with E-state index >= 15 is 0 Å². The Morgan fingerprint density at radius 2 is 1.73 bits per heavy atom. The number of nitrogens with zero attached hydrogens (tertiary/aromatic N) is 1. The average Bonchev–Trinajstić information content (AvgIpc) is 2.70. The lowest BCUT2D eigenvalue weighted by Gasteiger charge is -2.35. The first-order valence-electron chi connectivity index (χ1n) is 9.09. The number of carbonyl (C=O) groups is 1. The lowest BCUT2D eigenvalue weighted by molar-refractivity contribution is 0.0924. The molecule has 1 saturated heterocycles. The van der Waals surface area contributed by atoms with E-state index < -0.39 is 0 Å². The fourth-order valence-electron chi connectivity index (χ4n) is 3.41. The minimum Gasteiger partial charge on any atom is -0.497 e. The molecule has 0 aliphatic carbocycles. The zero-order valence-corrected chi connectivity index (χ0v) is 15.8. The minimum absolute atomic E-state index is 0.0661. The van der Waals surface area contributed by atoms with Crippen LogP contribution in [0.5, 0.6) is 5.75 Å². The maximum atomic E-state index is 12.5. The summed E-state index contributed by atoms with van der Waals surface area (Å²) in [7, 11) is 1.62. The van der Waals surface area contributed by atoms with Crippen molar-refractivity contribution in [3.05, 3.63) is 64.7 Å². The Morgan fingerprint density at radius 1 is 1.08 bits per heavy atom. The van der Waals surface area contributed by atoms with Gasteiger partial charge in [0, 0.05) is 17.1 Å². The fraction of sp³-hybridized carbons (Fsp3) is 0.381. The maximum absolute atomic E-state index is 12.5. The summed E-state index contributed by atoms with van der Waals surface area (Å²) in [6.45, 7) is 2.70. The highest BCUT2D eigenvalue weighted by Crippen LogP contribution is 2.25. The second-order valence-corrected chi connectivity index (χ2v) is 7.04. The Morgan fingerprint density at radius 3 is 2.35 bits per heavy atom. The third kappa shape index (κ3) is 4.77. The summed E-state index contributed by atoms with van der Waals surface area (Å²) in [6.07, 6.45) is 3.69. The molecule has 1 atom stereocenters. The molecule has 0 unspecified atom stereocenters. The van der Waals surface area contributed by atoms with Crippen LogP contribution in [-0.2, 0) is 0 Å². The number of hydrogen-bond donors (Lipinski definition) is 1. The number of nitrogens with one attached hydrogen (secondary N) is 1. The Bertz CT molecular complexity index is 710. The van der Waals surface area contributed by atoms with E-state index in [-0.39, 0.29) is 11.9 Å². The number of amides is 1. The quantitative estimate of drug-likeness (QED) is 0.821. The molecule has 0 aromatic heterocycles. The van der Waals surface area contributed by atoms with E-state index in [1.807, 2.05) is 12.1 Å². The fourth-order valence-corrected chi connectivity index (χ4v) is 3.53. The van der Waals surface area contributed by atoms with Crippen LogP contribution >= 0.6 is 11.6 Å². The predicted molar refractivity (Wildman–Crippen MR) is 105 cm³/mol. The van der Waals surface area contributed by atoms with Crippen molar-refractivity contribution in [2.75, 3.05) is 26.7 Å². The van der Waals surface area contributed by atoms with E-state index in [1.165, 1.54) is 24.8 Å². The molecule has 5 heteroatoms. The third-order valence-corrected chi connectivity index (χ3v) is 5.15. The highest BCUT2D eigenvalue weighted by molar-refractivity contribution is 6.30. The number of rotatable bonds is 6. The van der Waals surface area contributed by atoms with Crippen molar-refractivity contribution in [2.24, 2.45) is 0 Å². The van der Waals surface area contributed by atoms with Crippen LogP contribution in [0.4, 0.5) is 0 Å². The number of benzene rings is 2. The SMILES string of the molecule is COc1ccc(C(=O)NC[C@@H](c2ccc(Cl)cc2)N2CCCCC2)cc1. The third-order valence-electron chi connectivity index (χ3n) is 4.89. The molecular formula is C21H25ClN2O2. The van der Waals surface area contributed by atoms with Gasteiger partial charge in [0.2, 0.25) is 0 Å². The number of ether oxygens (including phenoxy) is 1. The van der Waals surface area contributed by atoms with E-state index in [4.69, 9.17) is 16.3 Å². The Balaban J connectivity index is 1.70. The highest BCUT2D eigenvalue weighted by atomic mass is 35.5. The van der Waals surface area contributed by atoms with Crippen molar-refractivity contribution in [3.8, 4) is 5.75 Å². The van der Waals surface area contributed by atoms with Crippen LogP contribution in [0.3, 0.4) is 0 Å². The second-order valence-electron chi connectivity index (χ2n) is 6.60. The van der Waals surface area contributed by atoms with Crippen LogP contribution < -0.4 is 10.1 Å². The van der Waals surface area contributed by atoms with Gasteiger partial charge in [-0.05, 0) is 67.9 Å². The van der Waals surface area contributed by atoms with Gasteiger partial charge in [0.05, 0.1) is 13.2 Å². The van der Waals surface area contributed by atoms with Crippen molar-refractivity contribution in [3.63, 3.8) is 0 Å². The smallest absolute Gasteiger partial charge is 0.251 e. The molecule has 138 valence electrons. The molecule has 1 amide bonds. The molecule has 0 bridgehead atoms. The van der Waals surface area contributed by atoms with Gasteiger partial charge in [0.15, 0.2) is 0 Å². The summed E-state index contributed by atoms with van der Waals surface area (Å²) < 4.78 is 5.14. The summed E-state index contributed by atoms with van der Waals surface area (Å²) in [4.78, 5) is 15.0. The number of methoxy groups -OCH3 is 1. The minimum atomic E-state index is -0.0661. The van der Waals surface area contributed by atoms with Crippen LogP contribution in [0.15, 0.2) is 48.5 Å². The molecule has 2 aromatic carbocycles. The Labute approximate surface area is 160 Å². The lowest BCUT2D eigenvalue weighted by Crippen LogP contribution is -2.40. The monoisotopic (exact) mass is 372 g/mol. The molecule has 0 saturated carbocycles. The van der Waals surface area contributed by atoms with Gasteiger partial charge >= 0.3 is 0 Å². The number of piperidine rings is 1. The highest BCUT2D eigenvalue weighted by Gasteiger charge is 2.23. The zero-order valence-electron chi connectivity index (χ0n) is 15.1. The molecule has 0 radical (unpaired) electrons. The van der Waals surface area contributed by atoms with Crippen LogP contribution in [-0.4, -0.2) is 37.6 Å². The number of halogens is 1. The molecule has 3 rings (SSSR count). The van der Waals surface area contributed by atoms with Crippen molar-refractivity contribution in [2.45, 2.75) is 25.3 Å². The van der Waals surface area contributed by atoms with E-state index in [0.29, 0.717) is 12.1 Å². The molecule has 4 nitrogen and oxygen atoms in total. The van der Waals surface area contributed by atoms with Gasteiger partial charge in [0.25, 0.3) is 5.91 Å². The van der Waals surface area contributed by atoms with Gasteiger partial charge in [-0.3, -0.25) is 9.69 Å². The first-order valence-corrected chi connectivity index (χ1v) is 9.47. The summed E-state index contributed by atoms with van der Waals surface area (Å²) in [5.74, 6) is 0.678. The molecule has 1 fully saturated rings. The summed E-state index contributed by atoms with van der Waals surface area (Å²) in [6, 6.07) is 15.3. The topological polar surface area (TPSA) is 41.6 Å². The van der Waals surface area contributed by atoms with Gasteiger partial charge in [-0.15, -0.1) is 0 Å².